The molecular weight excluding hydrogens is 404 g/mol. The summed E-state index contributed by atoms with van der Waals surface area (Å²) in [6.45, 7) is 5.77. The Morgan fingerprint density at radius 2 is 1.72 bits per heavy atom. The van der Waals surface area contributed by atoms with Crippen molar-refractivity contribution in [2.45, 2.75) is 38.3 Å². The van der Waals surface area contributed by atoms with Crippen molar-refractivity contribution in [2.24, 2.45) is 0 Å². The Hall–Kier alpha value is -3.19. The van der Waals surface area contributed by atoms with Gasteiger partial charge < -0.3 is 10.6 Å². The van der Waals surface area contributed by atoms with Crippen LogP contribution in [0.2, 0.25) is 0 Å². The molecule has 2 fully saturated rings. The van der Waals surface area contributed by atoms with E-state index in [-0.39, 0.29) is 18.5 Å². The molecular formula is C25H30N4O3. The minimum absolute atomic E-state index is 0.0728. The van der Waals surface area contributed by atoms with E-state index in [1.54, 1.807) is 6.92 Å². The minimum Gasteiger partial charge on any atom is -0.353 e. The molecule has 2 aromatic rings. The Bertz CT molecular complexity index is 986. The number of carbonyl (C=O) groups excluding carboxylic acids is 3. The van der Waals surface area contributed by atoms with Gasteiger partial charge in [0.15, 0.2) is 0 Å². The van der Waals surface area contributed by atoms with E-state index in [2.05, 4.69) is 27.7 Å². The van der Waals surface area contributed by atoms with Crippen LogP contribution >= 0.6 is 0 Å². The molecule has 2 aliphatic heterocycles. The molecule has 0 aromatic heterocycles. The molecule has 0 radical (unpaired) electrons. The molecule has 2 atom stereocenters. The van der Waals surface area contributed by atoms with Crippen LogP contribution in [0.15, 0.2) is 54.6 Å². The fourth-order valence-electron chi connectivity index (χ4n) is 4.52. The zero-order valence-corrected chi connectivity index (χ0v) is 18.6. The van der Waals surface area contributed by atoms with Gasteiger partial charge in [0.2, 0.25) is 5.91 Å². The van der Waals surface area contributed by atoms with Crippen LogP contribution in [0.3, 0.4) is 0 Å². The average Bonchev–Trinajstić information content (AvgIpc) is 3.39. The third kappa shape index (κ3) is 4.39. The van der Waals surface area contributed by atoms with Crippen molar-refractivity contribution in [3.05, 3.63) is 71.3 Å². The van der Waals surface area contributed by atoms with Crippen molar-refractivity contribution in [1.82, 2.24) is 20.4 Å². The van der Waals surface area contributed by atoms with Crippen molar-refractivity contribution in [2.75, 3.05) is 26.2 Å². The molecule has 7 nitrogen and oxygen atoms in total. The van der Waals surface area contributed by atoms with Crippen molar-refractivity contribution in [1.29, 1.82) is 0 Å². The third-order valence-electron chi connectivity index (χ3n) is 6.46. The molecule has 0 spiro atoms. The number of nitrogens with zero attached hydrogens (tertiary/aromatic N) is 2. The second-order valence-corrected chi connectivity index (χ2v) is 8.79. The van der Waals surface area contributed by atoms with Crippen LogP contribution < -0.4 is 10.6 Å². The number of hydrogen-bond donors (Lipinski definition) is 2. The standard InChI is InChI=1S/C25H30N4O3/c1-18-10-12-20(13-11-18)25(2)23(31)29(24(32)27-25)17-22(30)26-16-21(28-14-6-7-15-28)19-8-4-3-5-9-19/h3-5,8-13,21H,6-7,14-17H2,1-2H3,(H,26,30)(H,27,32)/t21-,25+/m1/s1. The van der Waals surface area contributed by atoms with E-state index in [1.165, 1.54) is 0 Å². The van der Waals surface area contributed by atoms with Crippen LogP contribution in [0, 0.1) is 6.92 Å². The molecule has 0 unspecified atom stereocenters. The molecule has 0 saturated carbocycles. The molecule has 2 aromatic carbocycles. The highest BCUT2D eigenvalue weighted by molar-refractivity contribution is 6.09. The number of likely N-dealkylation sites (tertiary alicyclic amines) is 1. The maximum Gasteiger partial charge on any atom is 0.325 e. The molecule has 168 valence electrons. The van der Waals surface area contributed by atoms with E-state index < -0.39 is 17.5 Å². The molecule has 2 N–H and O–H groups in total. The normalized spacial score (nSPS) is 22.1. The second kappa shape index (κ2) is 9.12. The number of hydrogen-bond acceptors (Lipinski definition) is 4. The molecule has 2 saturated heterocycles. The van der Waals surface area contributed by atoms with Gasteiger partial charge in [-0.1, -0.05) is 60.2 Å². The lowest BCUT2D eigenvalue weighted by Gasteiger charge is -2.28. The predicted molar refractivity (Wildman–Crippen MR) is 122 cm³/mol. The highest BCUT2D eigenvalue weighted by Gasteiger charge is 2.49. The van der Waals surface area contributed by atoms with Gasteiger partial charge in [0, 0.05) is 6.54 Å². The Balaban J connectivity index is 1.41. The van der Waals surface area contributed by atoms with E-state index in [1.807, 2.05) is 49.4 Å². The molecule has 0 aliphatic carbocycles. The summed E-state index contributed by atoms with van der Waals surface area (Å²) >= 11 is 0. The average molecular weight is 435 g/mol. The SMILES string of the molecule is Cc1ccc([C@]2(C)NC(=O)N(CC(=O)NC[C@H](c3ccccc3)N3CCCC3)C2=O)cc1. The largest absolute Gasteiger partial charge is 0.353 e. The van der Waals surface area contributed by atoms with E-state index in [4.69, 9.17) is 0 Å². The lowest BCUT2D eigenvalue weighted by molar-refractivity contribution is -0.134. The number of carbonyl (C=O) groups is 3. The van der Waals surface area contributed by atoms with Crippen molar-refractivity contribution >= 4 is 17.8 Å². The van der Waals surface area contributed by atoms with Crippen LogP contribution in [-0.2, 0) is 15.1 Å². The number of rotatable bonds is 7. The first kappa shape index (κ1) is 22.0. The molecule has 7 heteroatoms. The van der Waals surface area contributed by atoms with E-state index in [0.29, 0.717) is 12.1 Å². The number of imide groups is 1. The summed E-state index contributed by atoms with van der Waals surface area (Å²) in [6, 6.07) is 17.1. The highest BCUT2D eigenvalue weighted by Crippen LogP contribution is 2.29. The van der Waals surface area contributed by atoms with Crippen molar-refractivity contribution in [3.63, 3.8) is 0 Å². The summed E-state index contributed by atoms with van der Waals surface area (Å²) in [5.41, 5.74) is 1.74. The van der Waals surface area contributed by atoms with Crippen LogP contribution in [-0.4, -0.2) is 53.8 Å². The lowest BCUT2D eigenvalue weighted by atomic mass is 9.91. The van der Waals surface area contributed by atoms with Gasteiger partial charge in [-0.3, -0.25) is 19.4 Å². The molecule has 4 amide bonds. The molecule has 32 heavy (non-hydrogen) atoms. The zero-order valence-electron chi connectivity index (χ0n) is 18.6. The third-order valence-corrected chi connectivity index (χ3v) is 6.46. The Morgan fingerprint density at radius 1 is 1.06 bits per heavy atom. The number of benzene rings is 2. The first-order chi connectivity index (χ1) is 15.4. The van der Waals surface area contributed by atoms with Gasteiger partial charge in [-0.25, -0.2) is 4.79 Å². The molecule has 4 rings (SSSR count). The van der Waals surface area contributed by atoms with E-state index in [0.717, 1.165) is 42.0 Å². The number of nitrogens with one attached hydrogen (secondary N) is 2. The minimum atomic E-state index is -1.17. The first-order valence-electron chi connectivity index (χ1n) is 11.2. The fraction of sp³-hybridized carbons (Fsp3) is 0.400. The van der Waals surface area contributed by atoms with Gasteiger partial charge in [-0.05, 0) is 50.9 Å². The van der Waals surface area contributed by atoms with Gasteiger partial charge in [-0.15, -0.1) is 0 Å². The maximum atomic E-state index is 13.1. The number of aryl methyl sites for hydroxylation is 1. The Morgan fingerprint density at radius 3 is 2.38 bits per heavy atom. The van der Waals surface area contributed by atoms with E-state index in [9.17, 15) is 14.4 Å². The monoisotopic (exact) mass is 434 g/mol. The van der Waals surface area contributed by atoms with Crippen LogP contribution in [0.4, 0.5) is 4.79 Å². The summed E-state index contributed by atoms with van der Waals surface area (Å²) in [7, 11) is 0. The van der Waals surface area contributed by atoms with Gasteiger partial charge in [-0.2, -0.15) is 0 Å². The lowest BCUT2D eigenvalue weighted by Crippen LogP contribution is -2.45. The Labute approximate surface area is 188 Å². The second-order valence-electron chi connectivity index (χ2n) is 8.79. The van der Waals surface area contributed by atoms with Crippen LogP contribution in [0.1, 0.15) is 42.5 Å². The fourth-order valence-corrected chi connectivity index (χ4v) is 4.52. The summed E-state index contributed by atoms with van der Waals surface area (Å²) in [5.74, 6) is -0.762. The van der Waals surface area contributed by atoms with Gasteiger partial charge in [0.25, 0.3) is 5.91 Å². The van der Waals surface area contributed by atoms with Crippen molar-refractivity contribution in [3.8, 4) is 0 Å². The van der Waals surface area contributed by atoms with Crippen LogP contribution in [0.25, 0.3) is 0 Å². The topological polar surface area (TPSA) is 81.8 Å². The van der Waals surface area contributed by atoms with E-state index >= 15 is 0 Å². The molecule has 2 aliphatic rings. The van der Waals surface area contributed by atoms with Gasteiger partial charge in [0.1, 0.15) is 12.1 Å². The predicted octanol–water partition coefficient (Wildman–Crippen LogP) is 2.72. The summed E-state index contributed by atoms with van der Waals surface area (Å²) < 4.78 is 0. The number of urea groups is 1. The molecule has 2 heterocycles. The molecule has 0 bridgehead atoms. The maximum absolute atomic E-state index is 13.1. The zero-order chi connectivity index (χ0) is 22.7. The number of amides is 4. The van der Waals surface area contributed by atoms with Crippen LogP contribution in [0.5, 0.6) is 0 Å². The van der Waals surface area contributed by atoms with Crippen molar-refractivity contribution < 1.29 is 14.4 Å². The first-order valence-corrected chi connectivity index (χ1v) is 11.2. The van der Waals surface area contributed by atoms with Gasteiger partial charge in [0.05, 0.1) is 6.04 Å². The summed E-state index contributed by atoms with van der Waals surface area (Å²) in [6.07, 6.45) is 2.30. The highest BCUT2D eigenvalue weighted by atomic mass is 16.2. The summed E-state index contributed by atoms with van der Waals surface area (Å²) in [4.78, 5) is 41.7. The quantitative estimate of drug-likeness (QED) is 0.657. The van der Waals surface area contributed by atoms with Gasteiger partial charge >= 0.3 is 6.03 Å². The Kier molecular flexibility index (Phi) is 6.28. The smallest absolute Gasteiger partial charge is 0.325 e. The summed E-state index contributed by atoms with van der Waals surface area (Å²) in [5, 5.41) is 5.70.